The zero-order valence-electron chi connectivity index (χ0n) is 11.0. The first-order chi connectivity index (χ1) is 8.25. The van der Waals surface area contributed by atoms with Gasteiger partial charge in [-0.25, -0.2) is 0 Å². The third kappa shape index (κ3) is 3.74. The molecule has 0 aliphatic carbocycles. The van der Waals surface area contributed by atoms with Crippen LogP contribution < -0.4 is 4.74 Å². The maximum atomic E-state index is 5.80. The van der Waals surface area contributed by atoms with Crippen molar-refractivity contribution in [3.8, 4) is 5.75 Å². The summed E-state index contributed by atoms with van der Waals surface area (Å²) in [5.41, 5.74) is 1.22. The van der Waals surface area contributed by atoms with Gasteiger partial charge in [0, 0.05) is 13.1 Å². The summed E-state index contributed by atoms with van der Waals surface area (Å²) in [6, 6.07) is 8.23. The Labute approximate surface area is 105 Å². The van der Waals surface area contributed by atoms with E-state index in [9.17, 15) is 0 Å². The molecule has 0 aromatic heterocycles. The molecule has 1 heterocycles. The maximum Gasteiger partial charge on any atom is 0.122 e. The minimum atomic E-state index is 0.829. The van der Waals surface area contributed by atoms with Gasteiger partial charge in [-0.15, -0.1) is 0 Å². The van der Waals surface area contributed by atoms with Crippen molar-refractivity contribution in [1.29, 1.82) is 0 Å². The van der Waals surface area contributed by atoms with Crippen LogP contribution in [0.4, 0.5) is 0 Å². The van der Waals surface area contributed by atoms with E-state index in [0.717, 1.165) is 24.7 Å². The summed E-state index contributed by atoms with van der Waals surface area (Å²) in [6.07, 6.45) is 2.49. The average Bonchev–Trinajstić information content (AvgIpc) is 2.73. The van der Waals surface area contributed by atoms with Crippen LogP contribution in [0.15, 0.2) is 24.3 Å². The van der Waals surface area contributed by atoms with E-state index in [1.54, 1.807) is 0 Å². The number of para-hydroxylation sites is 1. The molecular weight excluding hydrogens is 210 g/mol. The molecule has 1 aromatic carbocycles. The second kappa shape index (κ2) is 6.06. The predicted octanol–water partition coefficient (Wildman–Crippen LogP) is 3.11. The van der Waals surface area contributed by atoms with E-state index in [1.165, 1.54) is 31.6 Å². The molecule has 1 aliphatic rings. The SMILES string of the molecule is Cc1ccccc1OCCCN1CCC(C)C1. The lowest BCUT2D eigenvalue weighted by molar-refractivity contribution is 0.259. The summed E-state index contributed by atoms with van der Waals surface area (Å²) in [6.45, 7) is 8.98. The molecule has 1 aliphatic heterocycles. The Balaban J connectivity index is 1.65. The van der Waals surface area contributed by atoms with Gasteiger partial charge in [0.15, 0.2) is 0 Å². The molecule has 0 bridgehead atoms. The first-order valence-electron chi connectivity index (χ1n) is 6.66. The van der Waals surface area contributed by atoms with Crippen LogP contribution in [-0.2, 0) is 0 Å². The minimum Gasteiger partial charge on any atom is -0.493 e. The van der Waals surface area contributed by atoms with Gasteiger partial charge < -0.3 is 9.64 Å². The second-order valence-electron chi connectivity index (χ2n) is 5.16. The van der Waals surface area contributed by atoms with Crippen LogP contribution in [0.5, 0.6) is 5.75 Å². The zero-order valence-corrected chi connectivity index (χ0v) is 11.0. The lowest BCUT2D eigenvalue weighted by Crippen LogP contribution is -2.23. The van der Waals surface area contributed by atoms with Crippen molar-refractivity contribution in [3.63, 3.8) is 0 Å². The Morgan fingerprint density at radius 2 is 2.18 bits per heavy atom. The van der Waals surface area contributed by atoms with Gasteiger partial charge in [-0.1, -0.05) is 25.1 Å². The number of ether oxygens (including phenoxy) is 1. The maximum absolute atomic E-state index is 5.80. The van der Waals surface area contributed by atoms with Gasteiger partial charge in [0.2, 0.25) is 0 Å². The number of aryl methyl sites for hydroxylation is 1. The summed E-state index contributed by atoms with van der Waals surface area (Å²) in [5.74, 6) is 1.91. The third-order valence-corrected chi connectivity index (χ3v) is 3.48. The third-order valence-electron chi connectivity index (χ3n) is 3.48. The lowest BCUT2D eigenvalue weighted by Gasteiger charge is -2.15. The largest absolute Gasteiger partial charge is 0.493 e. The fourth-order valence-corrected chi connectivity index (χ4v) is 2.42. The lowest BCUT2D eigenvalue weighted by atomic mass is 10.2. The first kappa shape index (κ1) is 12.4. The quantitative estimate of drug-likeness (QED) is 0.725. The Kier molecular flexibility index (Phi) is 4.43. The van der Waals surface area contributed by atoms with Crippen molar-refractivity contribution < 1.29 is 4.74 Å². The van der Waals surface area contributed by atoms with Gasteiger partial charge >= 0.3 is 0 Å². The van der Waals surface area contributed by atoms with Gasteiger partial charge in [0.05, 0.1) is 6.61 Å². The molecule has 1 atom stereocenters. The minimum absolute atomic E-state index is 0.829. The number of likely N-dealkylation sites (tertiary alicyclic amines) is 1. The summed E-state index contributed by atoms with van der Waals surface area (Å²) >= 11 is 0. The van der Waals surface area contributed by atoms with Crippen LogP contribution in [0.1, 0.15) is 25.3 Å². The topological polar surface area (TPSA) is 12.5 Å². The van der Waals surface area contributed by atoms with E-state index in [-0.39, 0.29) is 0 Å². The van der Waals surface area contributed by atoms with Crippen LogP contribution in [0.2, 0.25) is 0 Å². The highest BCUT2D eigenvalue weighted by Gasteiger charge is 2.17. The monoisotopic (exact) mass is 233 g/mol. The van der Waals surface area contributed by atoms with E-state index in [0.29, 0.717) is 0 Å². The van der Waals surface area contributed by atoms with Crippen molar-refractivity contribution in [3.05, 3.63) is 29.8 Å². The zero-order chi connectivity index (χ0) is 12.1. The molecule has 17 heavy (non-hydrogen) atoms. The number of hydrogen-bond donors (Lipinski definition) is 0. The fraction of sp³-hybridized carbons (Fsp3) is 0.600. The molecule has 94 valence electrons. The molecule has 0 saturated carbocycles. The summed E-state index contributed by atoms with van der Waals surface area (Å²) in [7, 11) is 0. The van der Waals surface area contributed by atoms with Crippen molar-refractivity contribution >= 4 is 0 Å². The van der Waals surface area contributed by atoms with E-state index in [2.05, 4.69) is 24.8 Å². The smallest absolute Gasteiger partial charge is 0.122 e. The standard InChI is InChI=1S/C15H23NO/c1-13-8-10-16(12-13)9-5-11-17-15-7-4-3-6-14(15)2/h3-4,6-7,13H,5,8-12H2,1-2H3. The normalized spacial score (nSPS) is 20.7. The molecule has 1 saturated heterocycles. The van der Waals surface area contributed by atoms with E-state index in [1.807, 2.05) is 18.2 Å². The van der Waals surface area contributed by atoms with E-state index in [4.69, 9.17) is 4.74 Å². The van der Waals surface area contributed by atoms with Gasteiger partial charge in [-0.05, 0) is 43.9 Å². The summed E-state index contributed by atoms with van der Waals surface area (Å²) in [4.78, 5) is 2.55. The Morgan fingerprint density at radius 1 is 1.35 bits per heavy atom. The van der Waals surface area contributed by atoms with Crippen molar-refractivity contribution in [2.24, 2.45) is 5.92 Å². The second-order valence-corrected chi connectivity index (χ2v) is 5.16. The Hall–Kier alpha value is -1.02. The van der Waals surface area contributed by atoms with Crippen LogP contribution in [0.25, 0.3) is 0 Å². The Morgan fingerprint density at radius 3 is 2.88 bits per heavy atom. The number of nitrogens with zero attached hydrogens (tertiary/aromatic N) is 1. The highest BCUT2D eigenvalue weighted by Crippen LogP contribution is 2.17. The number of rotatable bonds is 5. The number of benzene rings is 1. The van der Waals surface area contributed by atoms with Crippen LogP contribution in [0.3, 0.4) is 0 Å². The highest BCUT2D eigenvalue weighted by atomic mass is 16.5. The molecular formula is C15H23NO. The van der Waals surface area contributed by atoms with Gasteiger partial charge in [0.1, 0.15) is 5.75 Å². The molecule has 2 rings (SSSR count). The van der Waals surface area contributed by atoms with Gasteiger partial charge in [0.25, 0.3) is 0 Å². The molecule has 1 fully saturated rings. The van der Waals surface area contributed by atoms with E-state index >= 15 is 0 Å². The van der Waals surface area contributed by atoms with Crippen LogP contribution >= 0.6 is 0 Å². The van der Waals surface area contributed by atoms with Crippen molar-refractivity contribution in [2.45, 2.75) is 26.7 Å². The Bertz CT molecular complexity index is 351. The summed E-state index contributed by atoms with van der Waals surface area (Å²) in [5, 5.41) is 0. The molecule has 1 aromatic rings. The van der Waals surface area contributed by atoms with E-state index < -0.39 is 0 Å². The fourth-order valence-electron chi connectivity index (χ4n) is 2.42. The molecule has 0 amide bonds. The average molecular weight is 233 g/mol. The molecule has 0 spiro atoms. The molecule has 2 heteroatoms. The molecule has 0 N–H and O–H groups in total. The highest BCUT2D eigenvalue weighted by molar-refractivity contribution is 5.31. The summed E-state index contributed by atoms with van der Waals surface area (Å²) < 4.78 is 5.80. The predicted molar refractivity (Wildman–Crippen MR) is 71.5 cm³/mol. The van der Waals surface area contributed by atoms with Crippen LogP contribution in [-0.4, -0.2) is 31.1 Å². The molecule has 0 radical (unpaired) electrons. The van der Waals surface area contributed by atoms with Gasteiger partial charge in [-0.2, -0.15) is 0 Å². The van der Waals surface area contributed by atoms with Crippen molar-refractivity contribution in [2.75, 3.05) is 26.2 Å². The number of hydrogen-bond acceptors (Lipinski definition) is 2. The van der Waals surface area contributed by atoms with Gasteiger partial charge in [-0.3, -0.25) is 0 Å². The molecule has 1 unspecified atom stereocenters. The van der Waals surface area contributed by atoms with Crippen LogP contribution in [0, 0.1) is 12.8 Å². The first-order valence-corrected chi connectivity index (χ1v) is 6.66. The molecule has 2 nitrogen and oxygen atoms in total. The van der Waals surface area contributed by atoms with Crippen molar-refractivity contribution in [1.82, 2.24) is 4.90 Å².